The van der Waals surface area contributed by atoms with Crippen LogP contribution in [0.4, 0.5) is 0 Å². The summed E-state index contributed by atoms with van der Waals surface area (Å²) in [7, 11) is 0. The van der Waals surface area contributed by atoms with Crippen molar-refractivity contribution in [3.63, 3.8) is 0 Å². The molecule has 0 radical (unpaired) electrons. The van der Waals surface area contributed by atoms with Crippen molar-refractivity contribution in [3.05, 3.63) is 0 Å². The molecule has 0 heterocycles. The summed E-state index contributed by atoms with van der Waals surface area (Å²) in [6.45, 7) is 3.89. The molecule has 0 rings (SSSR count). The fourth-order valence-electron chi connectivity index (χ4n) is 0.465. The van der Waals surface area contributed by atoms with Crippen LogP contribution in [0.25, 0.3) is 0 Å². The zero-order valence-corrected chi connectivity index (χ0v) is 7.04. The van der Waals surface area contributed by atoms with Crippen LogP contribution >= 0.6 is 0 Å². The van der Waals surface area contributed by atoms with Gasteiger partial charge in [0.05, 0.1) is 6.10 Å². The molecule has 0 aliphatic heterocycles. The number of rotatable bonds is 4. The van der Waals surface area contributed by atoms with Crippen molar-refractivity contribution < 1.29 is 9.53 Å². The third kappa shape index (κ3) is 3.95. The molecule has 0 aromatic rings. The van der Waals surface area contributed by atoms with Crippen LogP contribution < -0.4 is 11.5 Å². The minimum atomic E-state index is -0.677. The first kappa shape index (κ1) is 10.4. The second-order valence-electron chi connectivity index (χ2n) is 2.50. The van der Waals surface area contributed by atoms with Gasteiger partial charge in [0, 0.05) is 6.54 Å². The molecule has 0 spiro atoms. The molecular formula is C7H16N2O2. The van der Waals surface area contributed by atoms with E-state index < -0.39 is 12.0 Å². The van der Waals surface area contributed by atoms with Crippen molar-refractivity contribution in [2.75, 3.05) is 6.54 Å². The summed E-state index contributed by atoms with van der Waals surface area (Å²) >= 11 is 0. The highest BCUT2D eigenvalue weighted by molar-refractivity contribution is 5.75. The van der Waals surface area contributed by atoms with Crippen LogP contribution in [0.5, 0.6) is 0 Å². The lowest BCUT2D eigenvalue weighted by Gasteiger charge is -2.13. The van der Waals surface area contributed by atoms with Crippen LogP contribution in [0.2, 0.25) is 0 Å². The number of esters is 1. The van der Waals surface area contributed by atoms with Gasteiger partial charge >= 0.3 is 5.97 Å². The first-order valence-corrected chi connectivity index (χ1v) is 3.78. The minimum Gasteiger partial charge on any atom is -0.461 e. The highest BCUT2D eigenvalue weighted by Crippen LogP contribution is 1.97. The number of ether oxygens (including phenoxy) is 1. The topological polar surface area (TPSA) is 78.3 Å². The maximum atomic E-state index is 10.9. The second kappa shape index (κ2) is 5.09. The Bertz CT molecular complexity index is 128. The molecule has 4 N–H and O–H groups in total. The Hall–Kier alpha value is -0.610. The van der Waals surface area contributed by atoms with E-state index in [2.05, 4.69) is 0 Å². The first-order valence-electron chi connectivity index (χ1n) is 3.78. The average molecular weight is 160 g/mol. The highest BCUT2D eigenvalue weighted by Gasteiger charge is 2.14. The van der Waals surface area contributed by atoms with E-state index in [0.29, 0.717) is 0 Å². The van der Waals surface area contributed by atoms with Crippen LogP contribution in [-0.2, 0) is 9.53 Å². The lowest BCUT2D eigenvalue weighted by Crippen LogP contribution is -2.40. The number of hydrogen-bond acceptors (Lipinski definition) is 4. The summed E-state index contributed by atoms with van der Waals surface area (Å²) in [5.74, 6) is -0.415. The predicted octanol–water partition coefficient (Wildman–Crippen LogP) is -0.386. The maximum Gasteiger partial charge on any atom is 0.324 e. The molecule has 4 heteroatoms. The Morgan fingerprint density at radius 3 is 2.55 bits per heavy atom. The van der Waals surface area contributed by atoms with Gasteiger partial charge in [0.2, 0.25) is 0 Å². The fraction of sp³-hybridized carbons (Fsp3) is 0.857. The Morgan fingerprint density at radius 1 is 1.64 bits per heavy atom. The van der Waals surface area contributed by atoms with Gasteiger partial charge < -0.3 is 16.2 Å². The van der Waals surface area contributed by atoms with Gasteiger partial charge in [-0.3, -0.25) is 4.79 Å². The van der Waals surface area contributed by atoms with Gasteiger partial charge in [-0.25, -0.2) is 0 Å². The summed E-state index contributed by atoms with van der Waals surface area (Å²) in [6, 6.07) is -0.677. The molecule has 0 bridgehead atoms. The smallest absolute Gasteiger partial charge is 0.324 e. The van der Waals surface area contributed by atoms with Crippen LogP contribution in [-0.4, -0.2) is 24.7 Å². The van der Waals surface area contributed by atoms with Crippen molar-refractivity contribution >= 4 is 5.97 Å². The van der Waals surface area contributed by atoms with Gasteiger partial charge in [0.25, 0.3) is 0 Å². The Morgan fingerprint density at radius 2 is 2.18 bits per heavy atom. The van der Waals surface area contributed by atoms with Gasteiger partial charge in [-0.05, 0) is 13.3 Å². The third-order valence-corrected chi connectivity index (χ3v) is 1.45. The Labute approximate surface area is 66.9 Å². The second-order valence-corrected chi connectivity index (χ2v) is 2.50. The standard InChI is InChI=1S/C7H16N2O2/c1-3-5(2)11-7(10)6(9)4-8/h5-6H,3-4,8-9H2,1-2H3. The zero-order chi connectivity index (χ0) is 8.85. The molecule has 0 aliphatic rings. The third-order valence-electron chi connectivity index (χ3n) is 1.45. The van der Waals surface area contributed by atoms with E-state index in [4.69, 9.17) is 16.2 Å². The number of carbonyl (C=O) groups is 1. The molecule has 0 saturated heterocycles. The summed E-state index contributed by atoms with van der Waals surface area (Å²) < 4.78 is 4.91. The molecular weight excluding hydrogens is 144 g/mol. The van der Waals surface area contributed by atoms with E-state index in [9.17, 15) is 4.79 Å². The maximum absolute atomic E-state index is 10.9. The molecule has 4 nitrogen and oxygen atoms in total. The normalized spacial score (nSPS) is 15.6. The number of hydrogen-bond donors (Lipinski definition) is 2. The lowest BCUT2D eigenvalue weighted by atomic mass is 10.3. The van der Waals surface area contributed by atoms with Crippen molar-refractivity contribution in [1.82, 2.24) is 0 Å². The Balaban J connectivity index is 3.68. The van der Waals surface area contributed by atoms with E-state index in [1.165, 1.54) is 0 Å². The summed E-state index contributed by atoms with van der Waals surface area (Å²) in [6.07, 6.45) is 0.725. The Kier molecular flexibility index (Phi) is 4.81. The van der Waals surface area contributed by atoms with Gasteiger partial charge in [-0.1, -0.05) is 6.92 Å². The SMILES string of the molecule is CCC(C)OC(=O)C(N)CN. The number of carbonyl (C=O) groups excluding carboxylic acids is 1. The first-order chi connectivity index (χ1) is 5.11. The zero-order valence-electron chi connectivity index (χ0n) is 7.04. The van der Waals surface area contributed by atoms with E-state index in [0.717, 1.165) is 6.42 Å². The molecule has 11 heavy (non-hydrogen) atoms. The van der Waals surface area contributed by atoms with Crippen molar-refractivity contribution in [2.45, 2.75) is 32.4 Å². The average Bonchev–Trinajstić information content (AvgIpc) is 2.02. The summed E-state index contributed by atoms with van der Waals surface area (Å²) in [5.41, 5.74) is 10.5. The quantitative estimate of drug-likeness (QED) is 0.549. The van der Waals surface area contributed by atoms with Gasteiger partial charge in [-0.2, -0.15) is 0 Å². The largest absolute Gasteiger partial charge is 0.461 e. The van der Waals surface area contributed by atoms with E-state index in [1.807, 2.05) is 13.8 Å². The number of nitrogens with two attached hydrogens (primary N) is 2. The lowest BCUT2D eigenvalue weighted by molar-refractivity contribution is -0.149. The fourth-order valence-corrected chi connectivity index (χ4v) is 0.465. The molecule has 2 atom stereocenters. The van der Waals surface area contributed by atoms with Gasteiger partial charge in [-0.15, -0.1) is 0 Å². The van der Waals surface area contributed by atoms with Gasteiger partial charge in [0.1, 0.15) is 6.04 Å². The monoisotopic (exact) mass is 160 g/mol. The molecule has 0 saturated carbocycles. The molecule has 0 amide bonds. The van der Waals surface area contributed by atoms with Crippen LogP contribution in [0.3, 0.4) is 0 Å². The summed E-state index contributed by atoms with van der Waals surface area (Å²) in [5, 5.41) is 0. The molecule has 0 aliphatic carbocycles. The molecule has 66 valence electrons. The highest BCUT2D eigenvalue weighted by atomic mass is 16.5. The van der Waals surface area contributed by atoms with E-state index in [-0.39, 0.29) is 12.6 Å². The van der Waals surface area contributed by atoms with E-state index in [1.54, 1.807) is 0 Å². The van der Waals surface area contributed by atoms with E-state index >= 15 is 0 Å². The summed E-state index contributed by atoms with van der Waals surface area (Å²) in [4.78, 5) is 10.9. The molecule has 2 unspecified atom stereocenters. The predicted molar refractivity (Wildman–Crippen MR) is 42.9 cm³/mol. The minimum absolute atomic E-state index is 0.0694. The van der Waals surface area contributed by atoms with Crippen molar-refractivity contribution in [1.29, 1.82) is 0 Å². The van der Waals surface area contributed by atoms with Crippen LogP contribution in [0.1, 0.15) is 20.3 Å². The molecule has 0 fully saturated rings. The van der Waals surface area contributed by atoms with Crippen LogP contribution in [0, 0.1) is 0 Å². The van der Waals surface area contributed by atoms with Crippen LogP contribution in [0.15, 0.2) is 0 Å². The molecule has 0 aromatic carbocycles. The van der Waals surface area contributed by atoms with Crippen molar-refractivity contribution in [2.24, 2.45) is 11.5 Å². The van der Waals surface area contributed by atoms with Crippen molar-refractivity contribution in [3.8, 4) is 0 Å². The van der Waals surface area contributed by atoms with Gasteiger partial charge in [0.15, 0.2) is 0 Å². The molecule has 0 aromatic heterocycles.